The number of halogens is 1. The largest absolute Gasteiger partial charge is 0.384 e. The summed E-state index contributed by atoms with van der Waals surface area (Å²) in [5.41, 5.74) is 6.03. The fourth-order valence-electron chi connectivity index (χ4n) is 5.00. The number of nitrogens with two attached hydrogens (primary N) is 1. The predicted molar refractivity (Wildman–Crippen MR) is 174 cm³/mol. The van der Waals surface area contributed by atoms with Gasteiger partial charge < -0.3 is 15.3 Å². The molecule has 0 bridgehead atoms. The Kier molecular flexibility index (Phi) is 8.45. The lowest BCUT2D eigenvalue weighted by Gasteiger charge is -2.20. The molecule has 0 aliphatic rings. The van der Waals surface area contributed by atoms with E-state index < -0.39 is 46.4 Å². The minimum atomic E-state index is -4.64. The first kappa shape index (κ1) is 32.7. The van der Waals surface area contributed by atoms with E-state index in [1.807, 2.05) is 4.72 Å². The van der Waals surface area contributed by atoms with Gasteiger partial charge in [-0.15, -0.1) is 0 Å². The second-order valence-electron chi connectivity index (χ2n) is 10.1. The van der Waals surface area contributed by atoms with Crippen molar-refractivity contribution < 1.29 is 30.0 Å². The molecule has 0 aliphatic heterocycles. The maximum Gasteiger partial charge on any atom is 0.282 e. The molecule has 18 heteroatoms. The number of nitrogens with one attached hydrogen (secondary N) is 2. The zero-order valence-corrected chi connectivity index (χ0v) is 27.2. The van der Waals surface area contributed by atoms with Crippen LogP contribution in [-0.2, 0) is 36.6 Å². The van der Waals surface area contributed by atoms with E-state index in [1.54, 1.807) is 36.4 Å². The number of hydrogen-bond acceptors (Lipinski definition) is 10. The van der Waals surface area contributed by atoms with E-state index >= 15 is 0 Å². The smallest absolute Gasteiger partial charge is 0.282 e. The number of amides is 1. The maximum absolute atomic E-state index is 14.0. The summed E-state index contributed by atoms with van der Waals surface area (Å²) in [4.78, 5) is 33.1. The van der Waals surface area contributed by atoms with Crippen LogP contribution in [0.4, 0.5) is 11.5 Å². The molecule has 0 atom stereocenters. The van der Waals surface area contributed by atoms with Gasteiger partial charge >= 0.3 is 0 Å². The van der Waals surface area contributed by atoms with Crippen molar-refractivity contribution in [1.29, 1.82) is 0 Å². The second-order valence-corrected chi connectivity index (χ2v) is 16.1. The molecule has 0 fully saturated rings. The highest BCUT2D eigenvalue weighted by Gasteiger charge is 2.31. The molecule has 0 aliphatic carbocycles. The molecule has 14 nitrogen and oxygen atoms in total. The van der Waals surface area contributed by atoms with Gasteiger partial charge in [0.05, 0.1) is 23.1 Å². The topological polar surface area (TPSA) is 211 Å². The van der Waals surface area contributed by atoms with Crippen LogP contribution in [0.15, 0.2) is 88.8 Å². The number of hydrogen-bond donors (Lipinski definition) is 3. The highest BCUT2D eigenvalue weighted by Crippen LogP contribution is 2.36. The molecule has 3 aromatic heterocycles. The summed E-state index contributed by atoms with van der Waals surface area (Å²) in [6.07, 6.45) is 4.24. The van der Waals surface area contributed by atoms with Gasteiger partial charge in [0.2, 0.25) is 20.0 Å². The molecule has 0 saturated heterocycles. The average molecular weight is 705 g/mol. The molecule has 240 valence electrons. The van der Waals surface area contributed by atoms with Crippen LogP contribution in [0.5, 0.6) is 0 Å². The first-order chi connectivity index (χ1) is 21.5. The standard InChI is InChI=1S/C28H25ClN6O8S3/c1-44(38,39)35(45(2,40)41)19-6-8-20(9-7-19)46(42,43)33-28(37)26-25(21-4-3-12-32-27(21)36)22-15-18(29)5-10-23(22)34(26)16-17-11-13-31-24(30)14-17/h3-15H,16H2,1-2H3,(H2,30,31)(H,32,36)(H,33,37). The van der Waals surface area contributed by atoms with E-state index in [9.17, 15) is 34.8 Å². The lowest BCUT2D eigenvalue weighted by molar-refractivity contribution is 0.0974. The molecule has 4 N–H and O–H groups in total. The Morgan fingerprint density at radius 2 is 1.65 bits per heavy atom. The minimum Gasteiger partial charge on any atom is -0.384 e. The van der Waals surface area contributed by atoms with Gasteiger partial charge in [0, 0.05) is 46.0 Å². The molecule has 1 amide bonds. The fourth-order valence-corrected chi connectivity index (χ4v) is 9.10. The summed E-state index contributed by atoms with van der Waals surface area (Å²) in [7, 11) is -13.2. The number of anilines is 2. The van der Waals surface area contributed by atoms with Crippen molar-refractivity contribution >= 4 is 70.0 Å². The third-order valence-electron chi connectivity index (χ3n) is 6.70. The van der Waals surface area contributed by atoms with Gasteiger partial charge in [0.15, 0.2) is 0 Å². The molecular weight excluding hydrogens is 680 g/mol. The first-order valence-electron chi connectivity index (χ1n) is 13.1. The minimum absolute atomic E-state index is 0.0138. The van der Waals surface area contributed by atoms with Gasteiger partial charge in [0.1, 0.15) is 11.5 Å². The third-order valence-corrected chi connectivity index (χ3v) is 11.5. The molecule has 5 aromatic rings. The van der Waals surface area contributed by atoms with Crippen LogP contribution in [0, 0.1) is 0 Å². The molecule has 0 unspecified atom stereocenters. The van der Waals surface area contributed by atoms with Crippen LogP contribution in [0.25, 0.3) is 22.0 Å². The van der Waals surface area contributed by atoms with E-state index in [0.717, 1.165) is 24.3 Å². The van der Waals surface area contributed by atoms with E-state index in [1.165, 1.54) is 23.0 Å². The van der Waals surface area contributed by atoms with Gasteiger partial charge in [-0.1, -0.05) is 11.6 Å². The van der Waals surface area contributed by atoms with Crippen LogP contribution in [0.2, 0.25) is 5.02 Å². The van der Waals surface area contributed by atoms with Crippen molar-refractivity contribution in [2.24, 2.45) is 0 Å². The van der Waals surface area contributed by atoms with E-state index in [2.05, 4.69) is 9.97 Å². The van der Waals surface area contributed by atoms with Crippen LogP contribution in [0.1, 0.15) is 16.1 Å². The summed E-state index contributed by atoms with van der Waals surface area (Å²) < 4.78 is 79.2. The van der Waals surface area contributed by atoms with E-state index in [0.29, 0.717) is 34.0 Å². The summed E-state index contributed by atoms with van der Waals surface area (Å²) in [5, 5.41) is 0.683. The Bertz CT molecular complexity index is 2380. The highest BCUT2D eigenvalue weighted by atomic mass is 35.5. The molecule has 46 heavy (non-hydrogen) atoms. The molecule has 0 spiro atoms. The average Bonchev–Trinajstić information content (AvgIpc) is 3.24. The Balaban J connectivity index is 1.66. The van der Waals surface area contributed by atoms with Gasteiger partial charge in [-0.25, -0.2) is 35.0 Å². The van der Waals surface area contributed by atoms with Crippen molar-refractivity contribution in [3.05, 3.63) is 106 Å². The Morgan fingerprint density at radius 3 is 2.26 bits per heavy atom. The fraction of sp³-hybridized carbons (Fsp3) is 0.107. The number of H-pyrrole nitrogens is 1. The number of carbonyl (C=O) groups excluding carboxylic acids is 1. The second kappa shape index (κ2) is 11.9. The van der Waals surface area contributed by atoms with Crippen LogP contribution < -0.4 is 19.7 Å². The third kappa shape index (κ3) is 6.48. The van der Waals surface area contributed by atoms with E-state index in [-0.39, 0.29) is 38.6 Å². The number of nitrogen functional groups attached to an aromatic ring is 1. The monoisotopic (exact) mass is 704 g/mol. The molecule has 0 radical (unpaired) electrons. The van der Waals surface area contributed by atoms with Crippen LogP contribution in [0.3, 0.4) is 0 Å². The molecule has 5 rings (SSSR count). The van der Waals surface area contributed by atoms with Crippen molar-refractivity contribution in [2.45, 2.75) is 11.4 Å². The number of pyridine rings is 2. The predicted octanol–water partition coefficient (Wildman–Crippen LogP) is 2.52. The van der Waals surface area contributed by atoms with Crippen LogP contribution in [-0.4, -0.2) is 58.2 Å². The SMILES string of the molecule is CS(=O)(=O)N(c1ccc(S(=O)(=O)NC(=O)c2c(-c3ccc[nH]c3=O)c3cc(Cl)ccc3n2Cc2ccnc(N)c2)cc1)S(C)(=O)=O. The van der Waals surface area contributed by atoms with Crippen LogP contribution >= 0.6 is 11.6 Å². The summed E-state index contributed by atoms with van der Waals surface area (Å²) >= 11 is 6.32. The normalized spacial score (nSPS) is 12.2. The van der Waals surface area contributed by atoms with Gasteiger partial charge in [-0.2, -0.15) is 3.71 Å². The number of aromatic nitrogens is 3. The highest BCUT2D eigenvalue weighted by molar-refractivity contribution is 8.09. The lowest BCUT2D eigenvalue weighted by Crippen LogP contribution is -2.35. The first-order valence-corrected chi connectivity index (χ1v) is 18.6. The Labute approximate surface area is 268 Å². The number of benzene rings is 2. The molecule has 2 aromatic carbocycles. The number of carbonyl (C=O) groups is 1. The number of sulfonamides is 3. The van der Waals surface area contributed by atoms with Crippen molar-refractivity contribution in [2.75, 3.05) is 22.0 Å². The lowest BCUT2D eigenvalue weighted by atomic mass is 10.0. The van der Waals surface area contributed by atoms with Crippen molar-refractivity contribution in [3.8, 4) is 11.1 Å². The zero-order chi connectivity index (χ0) is 33.6. The number of rotatable bonds is 9. The summed E-state index contributed by atoms with van der Waals surface area (Å²) in [6.45, 7) is 0.0138. The zero-order valence-electron chi connectivity index (χ0n) is 24.0. The number of aromatic amines is 1. The molecule has 0 saturated carbocycles. The summed E-state index contributed by atoms with van der Waals surface area (Å²) in [5.74, 6) is -0.898. The van der Waals surface area contributed by atoms with Crippen molar-refractivity contribution in [3.63, 3.8) is 0 Å². The van der Waals surface area contributed by atoms with Gasteiger partial charge in [0.25, 0.3) is 21.5 Å². The Morgan fingerprint density at radius 1 is 0.978 bits per heavy atom. The number of fused-ring (bicyclic) bond motifs is 1. The van der Waals surface area contributed by atoms with Crippen molar-refractivity contribution in [1.82, 2.24) is 19.3 Å². The van der Waals surface area contributed by atoms with Gasteiger partial charge in [-0.05, 0) is 72.3 Å². The Hall–Kier alpha value is -4.71. The summed E-state index contributed by atoms with van der Waals surface area (Å²) in [6, 6.07) is 14.9. The number of nitrogens with zero attached hydrogens (tertiary/aromatic N) is 3. The van der Waals surface area contributed by atoms with Gasteiger partial charge in [-0.3, -0.25) is 9.59 Å². The van der Waals surface area contributed by atoms with E-state index in [4.69, 9.17) is 17.3 Å². The quantitative estimate of drug-likeness (QED) is 0.204. The molecular formula is C28H25ClN6O8S3. The maximum atomic E-state index is 14.0. The molecule has 3 heterocycles.